The maximum absolute atomic E-state index is 12.3. The van der Waals surface area contributed by atoms with E-state index in [1.54, 1.807) is 24.3 Å². The fraction of sp³-hybridized carbons (Fsp3) is 0.167. The van der Waals surface area contributed by atoms with Gasteiger partial charge in [-0.3, -0.25) is 4.79 Å². The topological polar surface area (TPSA) is 67.2 Å². The summed E-state index contributed by atoms with van der Waals surface area (Å²) in [6, 6.07) is 24.2. The summed E-state index contributed by atoms with van der Waals surface area (Å²) >= 11 is 5.96. The van der Waals surface area contributed by atoms with Crippen molar-refractivity contribution in [2.24, 2.45) is 0 Å². The molecule has 0 unspecified atom stereocenters. The number of nitrogens with one attached hydrogen (secondary N) is 1. The second-order valence-electron chi connectivity index (χ2n) is 7.07. The van der Waals surface area contributed by atoms with Crippen LogP contribution in [0.3, 0.4) is 0 Å². The van der Waals surface area contributed by atoms with Crippen molar-refractivity contribution in [2.45, 2.75) is 19.1 Å². The quantitative estimate of drug-likeness (QED) is 0.466. The van der Waals surface area contributed by atoms with Crippen molar-refractivity contribution in [1.82, 2.24) is 14.9 Å². The molecule has 30 heavy (non-hydrogen) atoms. The van der Waals surface area contributed by atoms with E-state index in [2.05, 4.69) is 5.32 Å². The van der Waals surface area contributed by atoms with Gasteiger partial charge in [-0.15, -0.1) is 0 Å². The summed E-state index contributed by atoms with van der Waals surface area (Å²) in [5.41, 5.74) is 3.24. The lowest BCUT2D eigenvalue weighted by Gasteiger charge is -2.15. The van der Waals surface area contributed by atoms with Crippen molar-refractivity contribution in [3.05, 3.63) is 101 Å². The molecule has 0 aliphatic carbocycles. The Morgan fingerprint density at radius 1 is 1.00 bits per heavy atom. The first-order chi connectivity index (χ1) is 14.6. The molecule has 0 spiro atoms. The molecular formula is C24H22ClN3O2. The Bertz CT molecular complexity index is 1140. The first-order valence-corrected chi connectivity index (χ1v) is 10.2. The van der Waals surface area contributed by atoms with Crippen molar-refractivity contribution < 1.29 is 9.90 Å². The van der Waals surface area contributed by atoms with Crippen LogP contribution >= 0.6 is 11.6 Å². The number of fused-ring (bicyclic) bond motifs is 1. The number of para-hydroxylation sites is 2. The number of hydrogen-bond donors (Lipinski definition) is 2. The SMILES string of the molecule is O=C(NCCc1nc2ccccc2n1C[C@H](O)c1ccc(Cl)cc1)c1ccccc1. The predicted octanol–water partition coefficient (Wildman–Crippen LogP) is 4.40. The zero-order valence-corrected chi connectivity index (χ0v) is 17.1. The van der Waals surface area contributed by atoms with Gasteiger partial charge in [0.2, 0.25) is 0 Å². The smallest absolute Gasteiger partial charge is 0.251 e. The van der Waals surface area contributed by atoms with E-state index in [-0.39, 0.29) is 5.91 Å². The molecule has 0 saturated carbocycles. The highest BCUT2D eigenvalue weighted by Gasteiger charge is 2.16. The molecule has 1 heterocycles. The van der Waals surface area contributed by atoms with Gasteiger partial charge in [0.05, 0.1) is 23.7 Å². The Morgan fingerprint density at radius 2 is 1.70 bits per heavy atom. The summed E-state index contributed by atoms with van der Waals surface area (Å²) in [5.74, 6) is 0.706. The Hall–Kier alpha value is -3.15. The molecule has 1 atom stereocenters. The highest BCUT2D eigenvalue weighted by molar-refractivity contribution is 6.30. The Kier molecular flexibility index (Phi) is 6.12. The van der Waals surface area contributed by atoms with Crippen LogP contribution in [0.2, 0.25) is 5.02 Å². The molecule has 2 N–H and O–H groups in total. The minimum Gasteiger partial charge on any atom is -0.387 e. The number of hydrogen-bond acceptors (Lipinski definition) is 3. The number of aliphatic hydroxyl groups excluding tert-OH is 1. The molecule has 3 aromatic carbocycles. The van der Waals surface area contributed by atoms with Gasteiger partial charge in [-0.2, -0.15) is 0 Å². The number of amides is 1. The van der Waals surface area contributed by atoms with Crippen LogP contribution in [0, 0.1) is 0 Å². The predicted molar refractivity (Wildman–Crippen MR) is 119 cm³/mol. The minimum absolute atomic E-state index is 0.112. The molecule has 152 valence electrons. The van der Waals surface area contributed by atoms with Gasteiger partial charge < -0.3 is 15.0 Å². The first kappa shape index (κ1) is 20.1. The van der Waals surface area contributed by atoms with Crippen molar-refractivity contribution in [3.63, 3.8) is 0 Å². The Labute approximate surface area is 179 Å². The lowest BCUT2D eigenvalue weighted by molar-refractivity contribution is 0.0953. The molecule has 4 aromatic rings. The molecule has 0 bridgehead atoms. The largest absolute Gasteiger partial charge is 0.387 e. The zero-order valence-electron chi connectivity index (χ0n) is 16.3. The van der Waals surface area contributed by atoms with Crippen LogP contribution < -0.4 is 5.32 Å². The number of aliphatic hydroxyl groups is 1. The molecule has 0 saturated heterocycles. The molecule has 4 rings (SSSR count). The average Bonchev–Trinajstić information content (AvgIpc) is 3.12. The number of halogens is 1. The van der Waals surface area contributed by atoms with Crippen LogP contribution in [0.1, 0.15) is 27.8 Å². The molecule has 0 radical (unpaired) electrons. The van der Waals surface area contributed by atoms with Gasteiger partial charge in [-0.05, 0) is 42.0 Å². The normalized spacial score (nSPS) is 12.1. The summed E-state index contributed by atoms with van der Waals surface area (Å²) in [7, 11) is 0. The maximum atomic E-state index is 12.3. The van der Waals surface area contributed by atoms with Gasteiger partial charge in [0.25, 0.3) is 5.91 Å². The zero-order chi connectivity index (χ0) is 20.9. The van der Waals surface area contributed by atoms with Gasteiger partial charge >= 0.3 is 0 Å². The highest BCUT2D eigenvalue weighted by atomic mass is 35.5. The minimum atomic E-state index is -0.697. The van der Waals surface area contributed by atoms with Crippen LogP contribution in [0.25, 0.3) is 11.0 Å². The van der Waals surface area contributed by atoms with Gasteiger partial charge in [-0.1, -0.05) is 54.1 Å². The number of aromatic nitrogens is 2. The van der Waals surface area contributed by atoms with E-state index < -0.39 is 6.10 Å². The third-order valence-electron chi connectivity index (χ3n) is 5.01. The van der Waals surface area contributed by atoms with E-state index in [9.17, 15) is 9.90 Å². The fourth-order valence-electron chi connectivity index (χ4n) is 3.46. The standard InChI is InChI=1S/C24H22ClN3O2/c25-19-12-10-17(11-13-19)22(29)16-28-21-9-5-4-8-20(21)27-23(28)14-15-26-24(30)18-6-2-1-3-7-18/h1-13,22,29H,14-16H2,(H,26,30)/t22-/m0/s1. The molecular weight excluding hydrogens is 398 g/mol. The summed E-state index contributed by atoms with van der Waals surface area (Å²) in [4.78, 5) is 17.0. The van der Waals surface area contributed by atoms with E-state index in [0.29, 0.717) is 30.1 Å². The van der Waals surface area contributed by atoms with E-state index in [1.807, 2.05) is 59.2 Å². The lowest BCUT2D eigenvalue weighted by Crippen LogP contribution is -2.26. The van der Waals surface area contributed by atoms with Gasteiger partial charge in [0.1, 0.15) is 5.82 Å². The van der Waals surface area contributed by atoms with Crippen LogP contribution in [-0.2, 0) is 13.0 Å². The molecule has 5 nitrogen and oxygen atoms in total. The van der Waals surface area contributed by atoms with Gasteiger partial charge in [-0.25, -0.2) is 4.98 Å². The second-order valence-corrected chi connectivity index (χ2v) is 7.50. The molecule has 0 aliphatic rings. The highest BCUT2D eigenvalue weighted by Crippen LogP contribution is 2.23. The molecule has 1 aromatic heterocycles. The van der Waals surface area contributed by atoms with Crippen LogP contribution in [-0.4, -0.2) is 27.1 Å². The molecule has 0 aliphatic heterocycles. The second kappa shape index (κ2) is 9.11. The first-order valence-electron chi connectivity index (χ1n) is 9.83. The molecule has 0 fully saturated rings. The van der Waals surface area contributed by atoms with Crippen LogP contribution in [0.15, 0.2) is 78.9 Å². The Balaban J connectivity index is 1.51. The van der Waals surface area contributed by atoms with E-state index in [1.165, 1.54) is 0 Å². The van der Waals surface area contributed by atoms with Crippen molar-refractivity contribution in [1.29, 1.82) is 0 Å². The van der Waals surface area contributed by atoms with Gasteiger partial charge in [0, 0.05) is 23.6 Å². The van der Waals surface area contributed by atoms with Crippen molar-refractivity contribution in [2.75, 3.05) is 6.54 Å². The summed E-state index contributed by atoms with van der Waals surface area (Å²) in [6.45, 7) is 0.818. The van der Waals surface area contributed by atoms with Crippen molar-refractivity contribution in [3.8, 4) is 0 Å². The number of nitrogens with zero attached hydrogens (tertiary/aromatic N) is 2. The maximum Gasteiger partial charge on any atom is 0.251 e. The van der Waals surface area contributed by atoms with Crippen LogP contribution in [0.5, 0.6) is 0 Å². The number of carbonyl (C=O) groups excluding carboxylic acids is 1. The number of benzene rings is 3. The van der Waals surface area contributed by atoms with Crippen LogP contribution in [0.4, 0.5) is 0 Å². The Morgan fingerprint density at radius 3 is 2.47 bits per heavy atom. The van der Waals surface area contributed by atoms with Crippen molar-refractivity contribution >= 4 is 28.5 Å². The third kappa shape index (κ3) is 4.53. The number of imidazole rings is 1. The number of carbonyl (C=O) groups is 1. The van der Waals surface area contributed by atoms with Gasteiger partial charge in [0.15, 0.2) is 0 Å². The monoisotopic (exact) mass is 419 g/mol. The number of rotatable bonds is 7. The van der Waals surface area contributed by atoms with E-state index >= 15 is 0 Å². The third-order valence-corrected chi connectivity index (χ3v) is 5.27. The van der Waals surface area contributed by atoms with E-state index in [0.717, 1.165) is 22.4 Å². The molecule has 1 amide bonds. The lowest BCUT2D eigenvalue weighted by atomic mass is 10.1. The summed E-state index contributed by atoms with van der Waals surface area (Å²) in [5, 5.41) is 14.3. The molecule has 6 heteroatoms. The fourth-order valence-corrected chi connectivity index (χ4v) is 3.59. The summed E-state index contributed by atoms with van der Waals surface area (Å²) in [6.07, 6.45) is -0.141. The summed E-state index contributed by atoms with van der Waals surface area (Å²) < 4.78 is 2.02. The average molecular weight is 420 g/mol. The van der Waals surface area contributed by atoms with E-state index in [4.69, 9.17) is 16.6 Å².